The summed E-state index contributed by atoms with van der Waals surface area (Å²) in [4.78, 5) is 16.4. The minimum Gasteiger partial charge on any atom is -0.208 e. The van der Waals surface area contributed by atoms with Crippen molar-refractivity contribution in [3.8, 4) is 67.5 Å². The van der Waals surface area contributed by atoms with E-state index in [1.165, 1.54) is 37.4 Å². The van der Waals surface area contributed by atoms with Crippen LogP contribution in [-0.4, -0.2) is 15.0 Å². The molecule has 0 aliphatic heterocycles. The summed E-state index contributed by atoms with van der Waals surface area (Å²) in [5, 5.41) is 9.29. The van der Waals surface area contributed by atoms with Gasteiger partial charge in [-0.1, -0.05) is 182 Å². The van der Waals surface area contributed by atoms with Gasteiger partial charge in [0.2, 0.25) is 0 Å². The highest BCUT2D eigenvalue weighted by Crippen LogP contribution is 2.43. The van der Waals surface area contributed by atoms with E-state index in [0.29, 0.717) is 17.5 Å². The van der Waals surface area contributed by atoms with Crippen LogP contribution in [0.25, 0.3) is 120 Å². The molecule has 0 spiro atoms. The van der Waals surface area contributed by atoms with Gasteiger partial charge in [-0.25, -0.2) is 15.0 Å². The third kappa shape index (κ3) is 6.07. The van der Waals surface area contributed by atoms with Gasteiger partial charge in [-0.3, -0.25) is 0 Å². The summed E-state index contributed by atoms with van der Waals surface area (Å²) < 4.78 is 2.41. The van der Waals surface area contributed by atoms with E-state index >= 15 is 0 Å². The molecule has 0 aliphatic carbocycles. The van der Waals surface area contributed by atoms with Crippen LogP contribution in [0.1, 0.15) is 0 Å². The van der Waals surface area contributed by atoms with Crippen molar-refractivity contribution in [1.82, 2.24) is 15.0 Å². The third-order valence-corrected chi connectivity index (χ3v) is 13.2. The molecular weight excluding hydrogens is 759 g/mol. The number of hydrogen-bond donors (Lipinski definition) is 0. The van der Waals surface area contributed by atoms with Crippen LogP contribution < -0.4 is 0 Å². The molecule has 0 saturated heterocycles. The number of benzene rings is 10. The van der Waals surface area contributed by atoms with E-state index in [9.17, 15) is 0 Å². The standard InChI is InChI=1S/C57H35N3S/c1-2-14-36(15-3-1)40-19-12-20-41(34-40)43-32-33-50(47-23-9-8-22-46(43)47)55-58-56(51-26-13-25-49-48-24-10-11-27-52(48)61-54(49)51)60-57(59-55)53-44-21-7-6-17-38(44)30-31-45(53)42-29-28-37-16-4-5-18-39(37)35-42/h1-35H. The second kappa shape index (κ2) is 14.5. The second-order valence-electron chi connectivity index (χ2n) is 15.5. The molecule has 0 atom stereocenters. The fourth-order valence-electron chi connectivity index (χ4n) is 9.00. The molecule has 0 unspecified atom stereocenters. The topological polar surface area (TPSA) is 38.7 Å². The molecule has 0 radical (unpaired) electrons. The zero-order valence-electron chi connectivity index (χ0n) is 33.0. The molecule has 0 fully saturated rings. The number of nitrogens with zero attached hydrogens (tertiary/aromatic N) is 3. The van der Waals surface area contributed by atoms with Crippen LogP contribution in [-0.2, 0) is 0 Å². The summed E-state index contributed by atoms with van der Waals surface area (Å²) in [7, 11) is 0. The molecular formula is C57H35N3S. The van der Waals surface area contributed by atoms with Crippen molar-refractivity contribution in [1.29, 1.82) is 0 Å². The largest absolute Gasteiger partial charge is 0.208 e. The maximum atomic E-state index is 5.51. The summed E-state index contributed by atoms with van der Waals surface area (Å²) >= 11 is 1.79. The van der Waals surface area contributed by atoms with E-state index in [2.05, 4.69) is 212 Å². The van der Waals surface area contributed by atoms with Gasteiger partial charge in [-0.15, -0.1) is 11.3 Å². The number of thiophene rings is 1. The summed E-state index contributed by atoms with van der Waals surface area (Å²) in [5.74, 6) is 1.93. The van der Waals surface area contributed by atoms with Gasteiger partial charge in [0.25, 0.3) is 0 Å². The Hall–Kier alpha value is -7.79. The summed E-state index contributed by atoms with van der Waals surface area (Å²) in [5.41, 5.74) is 9.83. The normalized spacial score (nSPS) is 11.6. The number of aromatic nitrogens is 3. The molecule has 0 aliphatic rings. The van der Waals surface area contributed by atoms with E-state index in [0.717, 1.165) is 65.2 Å². The van der Waals surface area contributed by atoms with E-state index in [1.54, 1.807) is 11.3 Å². The van der Waals surface area contributed by atoms with E-state index < -0.39 is 0 Å². The first-order chi connectivity index (χ1) is 30.2. The molecule has 12 aromatic rings. The van der Waals surface area contributed by atoms with Gasteiger partial charge in [0.05, 0.1) is 0 Å². The molecule has 0 saturated carbocycles. The molecule has 284 valence electrons. The van der Waals surface area contributed by atoms with Crippen LogP contribution in [0.4, 0.5) is 0 Å². The number of hydrogen-bond acceptors (Lipinski definition) is 4. The van der Waals surface area contributed by atoms with Crippen LogP contribution in [0, 0.1) is 0 Å². The van der Waals surface area contributed by atoms with Crippen LogP contribution in [0.3, 0.4) is 0 Å². The predicted octanol–water partition coefficient (Wildman–Crippen LogP) is 15.7. The SMILES string of the molecule is c1ccc(-c2cccc(-c3ccc(-c4nc(-c5c(-c6ccc7ccccc7c6)ccc6ccccc56)nc(-c5cccc6c5sc5ccccc56)n4)c4ccccc34)c2)cc1. The smallest absolute Gasteiger partial charge is 0.165 e. The molecule has 61 heavy (non-hydrogen) atoms. The maximum Gasteiger partial charge on any atom is 0.165 e. The molecule has 10 aromatic carbocycles. The Morgan fingerprint density at radius 1 is 0.279 bits per heavy atom. The lowest BCUT2D eigenvalue weighted by Gasteiger charge is -2.16. The van der Waals surface area contributed by atoms with E-state index in [-0.39, 0.29) is 0 Å². The third-order valence-electron chi connectivity index (χ3n) is 11.9. The lowest BCUT2D eigenvalue weighted by molar-refractivity contribution is 1.08. The molecule has 2 heterocycles. The summed E-state index contributed by atoms with van der Waals surface area (Å²) in [6, 6.07) is 75.8. The van der Waals surface area contributed by atoms with Crippen LogP contribution in [0.5, 0.6) is 0 Å². The van der Waals surface area contributed by atoms with E-state index in [1.807, 2.05) is 0 Å². The Kier molecular flexibility index (Phi) is 8.36. The van der Waals surface area contributed by atoms with Crippen LogP contribution in [0.2, 0.25) is 0 Å². The predicted molar refractivity (Wildman–Crippen MR) is 258 cm³/mol. The Bertz CT molecular complexity index is 3660. The van der Waals surface area contributed by atoms with Crippen LogP contribution in [0.15, 0.2) is 212 Å². The molecule has 12 rings (SSSR count). The van der Waals surface area contributed by atoms with Gasteiger partial charge < -0.3 is 0 Å². The van der Waals surface area contributed by atoms with Crippen molar-refractivity contribution in [2.45, 2.75) is 0 Å². The Morgan fingerprint density at radius 2 is 0.836 bits per heavy atom. The van der Waals surface area contributed by atoms with Gasteiger partial charge in [-0.05, 0) is 96.0 Å². The van der Waals surface area contributed by atoms with Gasteiger partial charge in [0.1, 0.15) is 0 Å². The molecule has 0 bridgehead atoms. The average molecular weight is 794 g/mol. The first-order valence-electron chi connectivity index (χ1n) is 20.6. The van der Waals surface area contributed by atoms with Gasteiger partial charge in [0.15, 0.2) is 17.5 Å². The average Bonchev–Trinajstić information content (AvgIpc) is 3.72. The molecule has 3 nitrogen and oxygen atoms in total. The first kappa shape index (κ1) is 35.2. The van der Waals surface area contributed by atoms with Crippen molar-refractivity contribution >= 4 is 63.8 Å². The van der Waals surface area contributed by atoms with Crippen molar-refractivity contribution in [3.05, 3.63) is 212 Å². The van der Waals surface area contributed by atoms with Crippen molar-refractivity contribution in [2.75, 3.05) is 0 Å². The highest BCUT2D eigenvalue weighted by atomic mass is 32.1. The summed E-state index contributed by atoms with van der Waals surface area (Å²) in [6.45, 7) is 0. The Balaban J connectivity index is 1.12. The monoisotopic (exact) mass is 793 g/mol. The maximum absolute atomic E-state index is 5.51. The van der Waals surface area contributed by atoms with Crippen molar-refractivity contribution in [2.24, 2.45) is 0 Å². The Labute approximate surface area is 356 Å². The highest BCUT2D eigenvalue weighted by Gasteiger charge is 2.22. The molecule has 0 N–H and O–H groups in total. The highest BCUT2D eigenvalue weighted by molar-refractivity contribution is 7.26. The van der Waals surface area contributed by atoms with Gasteiger partial charge >= 0.3 is 0 Å². The lowest BCUT2D eigenvalue weighted by Crippen LogP contribution is -2.02. The Morgan fingerprint density at radius 3 is 1.69 bits per heavy atom. The van der Waals surface area contributed by atoms with Gasteiger partial charge in [-0.2, -0.15) is 0 Å². The molecule has 0 amide bonds. The summed E-state index contributed by atoms with van der Waals surface area (Å²) in [6.07, 6.45) is 0. The molecule has 2 aromatic heterocycles. The minimum atomic E-state index is 0.635. The fourth-order valence-corrected chi connectivity index (χ4v) is 10.2. The van der Waals surface area contributed by atoms with Crippen LogP contribution >= 0.6 is 11.3 Å². The fraction of sp³-hybridized carbons (Fsp3) is 0. The number of fused-ring (bicyclic) bond motifs is 6. The number of rotatable bonds is 6. The first-order valence-corrected chi connectivity index (χ1v) is 21.4. The second-order valence-corrected chi connectivity index (χ2v) is 16.6. The lowest BCUT2D eigenvalue weighted by atomic mass is 9.92. The van der Waals surface area contributed by atoms with Gasteiger partial charge in [0, 0.05) is 36.9 Å². The van der Waals surface area contributed by atoms with Crippen molar-refractivity contribution in [3.63, 3.8) is 0 Å². The minimum absolute atomic E-state index is 0.635. The zero-order valence-corrected chi connectivity index (χ0v) is 33.8. The quantitative estimate of drug-likeness (QED) is 0.168. The van der Waals surface area contributed by atoms with E-state index in [4.69, 9.17) is 15.0 Å². The molecule has 4 heteroatoms. The van der Waals surface area contributed by atoms with Crippen molar-refractivity contribution < 1.29 is 0 Å². The zero-order chi connectivity index (χ0) is 40.3.